The number of aromatic nitrogens is 2. The lowest BCUT2D eigenvalue weighted by Gasteiger charge is -2.28. The molecule has 110 valence electrons. The van der Waals surface area contributed by atoms with Gasteiger partial charge in [-0.2, -0.15) is 0 Å². The summed E-state index contributed by atoms with van der Waals surface area (Å²) in [4.78, 5) is 11.4. The van der Waals surface area contributed by atoms with Crippen molar-refractivity contribution in [3.63, 3.8) is 0 Å². The maximum atomic E-state index is 5.98. The fourth-order valence-corrected chi connectivity index (χ4v) is 2.45. The SMILES string of the molecule is CC(C)N(Cc1ccccc1)c1cc(N)nc(C2CC2)n1. The molecule has 3 rings (SSSR count). The molecule has 1 fully saturated rings. The lowest BCUT2D eigenvalue weighted by Crippen LogP contribution is -2.31. The summed E-state index contributed by atoms with van der Waals surface area (Å²) in [7, 11) is 0. The Hall–Kier alpha value is -2.10. The molecule has 0 aliphatic heterocycles. The molecule has 0 unspecified atom stereocenters. The highest BCUT2D eigenvalue weighted by molar-refractivity contribution is 5.48. The van der Waals surface area contributed by atoms with Crippen LogP contribution < -0.4 is 10.6 Å². The van der Waals surface area contributed by atoms with Crippen molar-refractivity contribution in [3.05, 3.63) is 47.8 Å². The van der Waals surface area contributed by atoms with Crippen LogP contribution in [0.5, 0.6) is 0 Å². The van der Waals surface area contributed by atoms with Crippen molar-refractivity contribution in [1.82, 2.24) is 9.97 Å². The molecule has 0 saturated heterocycles. The van der Waals surface area contributed by atoms with Gasteiger partial charge in [-0.15, -0.1) is 0 Å². The molecule has 2 aromatic rings. The van der Waals surface area contributed by atoms with E-state index in [-0.39, 0.29) is 0 Å². The van der Waals surface area contributed by atoms with Gasteiger partial charge in [-0.05, 0) is 32.3 Å². The van der Waals surface area contributed by atoms with Crippen LogP contribution in [0.1, 0.15) is 44.0 Å². The van der Waals surface area contributed by atoms with Gasteiger partial charge in [-0.1, -0.05) is 30.3 Å². The van der Waals surface area contributed by atoms with Gasteiger partial charge in [0.1, 0.15) is 17.5 Å². The molecule has 0 radical (unpaired) electrons. The summed E-state index contributed by atoms with van der Waals surface area (Å²) in [6.07, 6.45) is 2.37. The summed E-state index contributed by atoms with van der Waals surface area (Å²) in [6.45, 7) is 5.19. The topological polar surface area (TPSA) is 55.0 Å². The highest BCUT2D eigenvalue weighted by Crippen LogP contribution is 2.39. The van der Waals surface area contributed by atoms with Crippen molar-refractivity contribution in [2.24, 2.45) is 0 Å². The van der Waals surface area contributed by atoms with Gasteiger partial charge in [-0.25, -0.2) is 9.97 Å². The Labute approximate surface area is 126 Å². The van der Waals surface area contributed by atoms with Gasteiger partial charge in [0.05, 0.1) is 0 Å². The molecule has 4 nitrogen and oxygen atoms in total. The molecule has 2 N–H and O–H groups in total. The molecule has 0 amide bonds. The second kappa shape index (κ2) is 5.72. The van der Waals surface area contributed by atoms with Gasteiger partial charge in [0, 0.05) is 24.6 Å². The molecule has 1 aliphatic rings. The third-order valence-corrected chi connectivity index (χ3v) is 3.81. The molecule has 21 heavy (non-hydrogen) atoms. The predicted octanol–water partition coefficient (Wildman–Crippen LogP) is 3.35. The molecule has 1 aromatic heterocycles. The van der Waals surface area contributed by atoms with Crippen LogP contribution in [0.25, 0.3) is 0 Å². The summed E-state index contributed by atoms with van der Waals surface area (Å²) in [5.41, 5.74) is 7.25. The van der Waals surface area contributed by atoms with Crippen LogP contribution in [0.2, 0.25) is 0 Å². The number of hydrogen-bond donors (Lipinski definition) is 1. The highest BCUT2D eigenvalue weighted by atomic mass is 15.2. The van der Waals surface area contributed by atoms with Gasteiger partial charge in [0.2, 0.25) is 0 Å². The highest BCUT2D eigenvalue weighted by Gasteiger charge is 2.28. The monoisotopic (exact) mass is 282 g/mol. The second-order valence-electron chi connectivity index (χ2n) is 5.99. The minimum Gasteiger partial charge on any atom is -0.384 e. The number of anilines is 2. The summed E-state index contributed by atoms with van der Waals surface area (Å²) >= 11 is 0. The normalized spacial score (nSPS) is 14.4. The third kappa shape index (κ3) is 3.32. The summed E-state index contributed by atoms with van der Waals surface area (Å²) in [5.74, 6) is 2.92. The Morgan fingerprint density at radius 3 is 2.52 bits per heavy atom. The lowest BCUT2D eigenvalue weighted by atomic mass is 10.2. The Morgan fingerprint density at radius 2 is 1.90 bits per heavy atom. The van der Waals surface area contributed by atoms with Gasteiger partial charge in [-0.3, -0.25) is 0 Å². The Kier molecular flexibility index (Phi) is 3.78. The van der Waals surface area contributed by atoms with Gasteiger partial charge >= 0.3 is 0 Å². The van der Waals surface area contributed by atoms with Crippen LogP contribution >= 0.6 is 0 Å². The van der Waals surface area contributed by atoms with E-state index in [1.807, 2.05) is 12.1 Å². The van der Waals surface area contributed by atoms with E-state index < -0.39 is 0 Å². The standard InChI is InChI=1S/C17H22N4/c1-12(2)21(11-13-6-4-3-5-7-13)16-10-15(18)19-17(20-16)14-8-9-14/h3-7,10,12,14H,8-9,11H2,1-2H3,(H2,18,19,20). The second-order valence-corrected chi connectivity index (χ2v) is 5.99. The van der Waals surface area contributed by atoms with E-state index >= 15 is 0 Å². The van der Waals surface area contributed by atoms with E-state index in [9.17, 15) is 0 Å². The van der Waals surface area contributed by atoms with Crippen LogP contribution in [0.4, 0.5) is 11.6 Å². The first-order valence-electron chi connectivity index (χ1n) is 7.58. The Balaban J connectivity index is 1.90. The van der Waals surface area contributed by atoms with Crippen molar-refractivity contribution in [2.75, 3.05) is 10.6 Å². The van der Waals surface area contributed by atoms with Crippen LogP contribution in [-0.4, -0.2) is 16.0 Å². The quantitative estimate of drug-likeness (QED) is 0.913. The van der Waals surface area contributed by atoms with E-state index in [0.29, 0.717) is 17.8 Å². The Bertz CT molecular complexity index is 605. The smallest absolute Gasteiger partial charge is 0.136 e. The van der Waals surface area contributed by atoms with Gasteiger partial charge < -0.3 is 10.6 Å². The molecule has 1 heterocycles. The molecule has 1 aromatic carbocycles. The summed E-state index contributed by atoms with van der Waals surface area (Å²) in [5, 5.41) is 0. The first-order valence-corrected chi connectivity index (χ1v) is 7.58. The number of hydrogen-bond acceptors (Lipinski definition) is 4. The van der Waals surface area contributed by atoms with E-state index in [4.69, 9.17) is 10.7 Å². The van der Waals surface area contributed by atoms with E-state index in [1.165, 1.54) is 18.4 Å². The van der Waals surface area contributed by atoms with Crippen molar-refractivity contribution in [1.29, 1.82) is 0 Å². The van der Waals surface area contributed by atoms with Crippen LogP contribution in [0, 0.1) is 0 Å². The minimum absolute atomic E-state index is 0.353. The lowest BCUT2D eigenvalue weighted by molar-refractivity contribution is 0.668. The number of benzene rings is 1. The fourth-order valence-electron chi connectivity index (χ4n) is 2.45. The van der Waals surface area contributed by atoms with Crippen molar-refractivity contribution in [3.8, 4) is 0 Å². The fraction of sp³-hybridized carbons (Fsp3) is 0.412. The molecule has 1 saturated carbocycles. The number of nitrogens with two attached hydrogens (primary N) is 1. The first kappa shape index (κ1) is 13.9. The summed E-state index contributed by atoms with van der Waals surface area (Å²) in [6, 6.07) is 12.7. The van der Waals surface area contributed by atoms with E-state index in [0.717, 1.165) is 18.2 Å². The maximum Gasteiger partial charge on any atom is 0.136 e. The zero-order valence-corrected chi connectivity index (χ0v) is 12.7. The summed E-state index contributed by atoms with van der Waals surface area (Å²) < 4.78 is 0. The molecule has 0 bridgehead atoms. The molecular formula is C17H22N4. The van der Waals surface area contributed by atoms with Crippen LogP contribution in [-0.2, 0) is 6.54 Å². The zero-order valence-electron chi connectivity index (χ0n) is 12.7. The molecule has 4 heteroatoms. The minimum atomic E-state index is 0.353. The van der Waals surface area contributed by atoms with Crippen LogP contribution in [0.15, 0.2) is 36.4 Å². The average molecular weight is 282 g/mol. The predicted molar refractivity (Wildman–Crippen MR) is 86.2 cm³/mol. The number of nitrogen functional groups attached to an aromatic ring is 1. The first-order chi connectivity index (χ1) is 10.1. The van der Waals surface area contributed by atoms with Crippen molar-refractivity contribution >= 4 is 11.6 Å². The molecular weight excluding hydrogens is 260 g/mol. The maximum absolute atomic E-state index is 5.98. The van der Waals surface area contributed by atoms with E-state index in [1.54, 1.807) is 0 Å². The zero-order chi connectivity index (χ0) is 14.8. The molecule has 0 spiro atoms. The Morgan fingerprint density at radius 1 is 1.19 bits per heavy atom. The number of rotatable bonds is 5. The third-order valence-electron chi connectivity index (χ3n) is 3.81. The number of nitrogens with zero attached hydrogens (tertiary/aromatic N) is 3. The van der Waals surface area contributed by atoms with Gasteiger partial charge in [0.15, 0.2) is 0 Å². The van der Waals surface area contributed by atoms with Crippen LogP contribution in [0.3, 0.4) is 0 Å². The molecule has 1 aliphatic carbocycles. The van der Waals surface area contributed by atoms with Crippen molar-refractivity contribution < 1.29 is 0 Å². The average Bonchev–Trinajstić information content (AvgIpc) is 3.29. The molecule has 0 atom stereocenters. The van der Waals surface area contributed by atoms with Crippen molar-refractivity contribution in [2.45, 2.75) is 45.2 Å². The van der Waals surface area contributed by atoms with E-state index in [2.05, 4.69) is 48.0 Å². The van der Waals surface area contributed by atoms with Gasteiger partial charge in [0.25, 0.3) is 0 Å². The largest absolute Gasteiger partial charge is 0.384 e.